The Bertz CT molecular complexity index is 769. The van der Waals surface area contributed by atoms with Crippen LogP contribution in [0.2, 0.25) is 0 Å². The molecule has 3 rings (SSSR count). The van der Waals surface area contributed by atoms with Gasteiger partial charge in [0, 0.05) is 12.1 Å². The molecule has 158 valence electrons. The van der Waals surface area contributed by atoms with Gasteiger partial charge in [0.1, 0.15) is 0 Å². The van der Waals surface area contributed by atoms with E-state index in [0.717, 1.165) is 37.4 Å². The Kier molecular flexibility index (Phi) is 7.26. The van der Waals surface area contributed by atoms with Crippen molar-refractivity contribution < 1.29 is 19.1 Å². The fourth-order valence-electron chi connectivity index (χ4n) is 4.42. The van der Waals surface area contributed by atoms with Crippen LogP contribution in [0.15, 0.2) is 30.3 Å². The van der Waals surface area contributed by atoms with Crippen LogP contribution in [0.5, 0.6) is 17.2 Å². The SMILES string of the molecule is COc1cc(CCC[NH+]2CCN(c3c(C)cccc3C)CC2)cc(OC)c1OC. The molecule has 2 aromatic carbocycles. The lowest BCUT2D eigenvalue weighted by atomic mass is 10.1. The van der Waals surface area contributed by atoms with Crippen LogP contribution in [0.3, 0.4) is 0 Å². The van der Waals surface area contributed by atoms with E-state index in [1.54, 1.807) is 26.2 Å². The number of piperazine rings is 1. The smallest absolute Gasteiger partial charge is 0.203 e. The van der Waals surface area contributed by atoms with Crippen molar-refractivity contribution in [1.82, 2.24) is 0 Å². The fourth-order valence-corrected chi connectivity index (χ4v) is 4.42. The number of rotatable bonds is 8. The van der Waals surface area contributed by atoms with E-state index in [2.05, 4.69) is 49.1 Å². The largest absolute Gasteiger partial charge is 0.493 e. The number of hydrogen-bond donors (Lipinski definition) is 1. The highest BCUT2D eigenvalue weighted by Gasteiger charge is 2.22. The fraction of sp³-hybridized carbons (Fsp3) is 0.500. The molecule has 2 aromatic rings. The maximum Gasteiger partial charge on any atom is 0.203 e. The second-order valence-electron chi connectivity index (χ2n) is 7.86. The molecule has 1 heterocycles. The number of aryl methyl sites for hydroxylation is 3. The minimum absolute atomic E-state index is 0.659. The van der Waals surface area contributed by atoms with Gasteiger partial charge in [-0.25, -0.2) is 0 Å². The minimum Gasteiger partial charge on any atom is -0.493 e. The van der Waals surface area contributed by atoms with E-state index in [-0.39, 0.29) is 0 Å². The highest BCUT2D eigenvalue weighted by atomic mass is 16.5. The van der Waals surface area contributed by atoms with Gasteiger partial charge in [-0.15, -0.1) is 0 Å². The molecule has 1 saturated heterocycles. The van der Waals surface area contributed by atoms with Crippen LogP contribution in [0.25, 0.3) is 0 Å². The van der Waals surface area contributed by atoms with E-state index >= 15 is 0 Å². The van der Waals surface area contributed by atoms with Gasteiger partial charge in [0.2, 0.25) is 5.75 Å². The number of hydrogen-bond acceptors (Lipinski definition) is 4. The Morgan fingerprint density at radius 3 is 2.00 bits per heavy atom. The summed E-state index contributed by atoms with van der Waals surface area (Å²) in [7, 11) is 4.98. The number of anilines is 1. The maximum absolute atomic E-state index is 5.47. The molecular formula is C24H35N2O3+. The van der Waals surface area contributed by atoms with Gasteiger partial charge in [-0.2, -0.15) is 0 Å². The van der Waals surface area contributed by atoms with Crippen molar-refractivity contribution in [3.8, 4) is 17.2 Å². The van der Waals surface area contributed by atoms with Crippen LogP contribution < -0.4 is 24.0 Å². The van der Waals surface area contributed by atoms with Gasteiger partial charge >= 0.3 is 0 Å². The average molecular weight is 400 g/mol. The molecular weight excluding hydrogens is 364 g/mol. The van der Waals surface area contributed by atoms with E-state index in [1.807, 2.05) is 0 Å². The number of para-hydroxylation sites is 1. The monoisotopic (exact) mass is 399 g/mol. The Labute approximate surface area is 175 Å². The first kappa shape index (κ1) is 21.3. The third-order valence-electron chi connectivity index (χ3n) is 5.95. The van der Waals surface area contributed by atoms with Crippen molar-refractivity contribution in [2.24, 2.45) is 0 Å². The first-order valence-corrected chi connectivity index (χ1v) is 10.5. The Balaban J connectivity index is 1.52. The van der Waals surface area contributed by atoms with Crippen LogP contribution in [-0.4, -0.2) is 54.1 Å². The number of nitrogens with one attached hydrogen (secondary N) is 1. The molecule has 5 nitrogen and oxygen atoms in total. The van der Waals surface area contributed by atoms with Crippen molar-refractivity contribution in [3.05, 3.63) is 47.0 Å². The van der Waals surface area contributed by atoms with Crippen molar-refractivity contribution in [1.29, 1.82) is 0 Å². The molecule has 0 amide bonds. The van der Waals surface area contributed by atoms with Crippen LogP contribution >= 0.6 is 0 Å². The summed E-state index contributed by atoms with van der Waals surface area (Å²) in [5.74, 6) is 2.12. The van der Waals surface area contributed by atoms with Crippen LogP contribution in [0.4, 0.5) is 5.69 Å². The van der Waals surface area contributed by atoms with Gasteiger partial charge in [-0.1, -0.05) is 18.2 Å². The Hall–Kier alpha value is -2.40. The summed E-state index contributed by atoms with van der Waals surface area (Å²) in [6.07, 6.45) is 2.16. The summed E-state index contributed by atoms with van der Waals surface area (Å²) in [5.41, 5.74) is 5.43. The molecule has 0 bridgehead atoms. The lowest BCUT2D eigenvalue weighted by Gasteiger charge is -2.35. The molecule has 1 aliphatic heterocycles. The van der Waals surface area contributed by atoms with Crippen LogP contribution in [0, 0.1) is 13.8 Å². The quantitative estimate of drug-likeness (QED) is 0.740. The molecule has 0 radical (unpaired) electrons. The van der Waals surface area contributed by atoms with E-state index < -0.39 is 0 Å². The summed E-state index contributed by atoms with van der Waals surface area (Å²) >= 11 is 0. The molecule has 0 unspecified atom stereocenters. The van der Waals surface area contributed by atoms with Gasteiger partial charge in [-0.05, 0) is 49.1 Å². The van der Waals surface area contributed by atoms with Gasteiger partial charge in [-0.3, -0.25) is 0 Å². The third-order valence-corrected chi connectivity index (χ3v) is 5.95. The van der Waals surface area contributed by atoms with Crippen LogP contribution in [0.1, 0.15) is 23.1 Å². The van der Waals surface area contributed by atoms with Crippen molar-refractivity contribution >= 4 is 5.69 Å². The number of ether oxygens (including phenoxy) is 3. The summed E-state index contributed by atoms with van der Waals surface area (Å²) in [6.45, 7) is 10.3. The van der Waals surface area contributed by atoms with Crippen molar-refractivity contribution in [2.45, 2.75) is 26.7 Å². The van der Waals surface area contributed by atoms with Crippen LogP contribution in [-0.2, 0) is 6.42 Å². The predicted molar refractivity (Wildman–Crippen MR) is 118 cm³/mol. The standard InChI is InChI=1S/C24H34N2O3/c1-18-8-6-9-19(2)23(18)26-14-12-25(13-15-26)11-7-10-20-16-21(27-3)24(29-5)22(17-20)28-4/h6,8-9,16-17H,7,10-15H2,1-5H3/p+1. The van der Waals surface area contributed by atoms with Gasteiger partial charge < -0.3 is 24.0 Å². The zero-order chi connectivity index (χ0) is 20.8. The predicted octanol–water partition coefficient (Wildman–Crippen LogP) is 2.67. The molecule has 0 aromatic heterocycles. The first-order chi connectivity index (χ1) is 14.1. The molecule has 0 spiro atoms. The van der Waals surface area contributed by atoms with Crippen molar-refractivity contribution in [3.63, 3.8) is 0 Å². The van der Waals surface area contributed by atoms with E-state index in [9.17, 15) is 0 Å². The molecule has 0 aliphatic carbocycles. The minimum atomic E-state index is 0.659. The van der Waals surface area contributed by atoms with E-state index in [1.165, 1.54) is 42.0 Å². The first-order valence-electron chi connectivity index (χ1n) is 10.5. The second-order valence-corrected chi connectivity index (χ2v) is 7.86. The molecule has 1 N–H and O–H groups in total. The number of quaternary nitrogens is 1. The van der Waals surface area contributed by atoms with Gasteiger partial charge in [0.25, 0.3) is 0 Å². The maximum atomic E-state index is 5.47. The molecule has 0 saturated carbocycles. The topological polar surface area (TPSA) is 35.4 Å². The highest BCUT2D eigenvalue weighted by molar-refractivity contribution is 5.59. The Morgan fingerprint density at radius 1 is 0.897 bits per heavy atom. The molecule has 29 heavy (non-hydrogen) atoms. The average Bonchev–Trinajstić information content (AvgIpc) is 2.74. The normalized spacial score (nSPS) is 14.7. The zero-order valence-electron chi connectivity index (χ0n) is 18.5. The molecule has 0 atom stereocenters. The summed E-state index contributed by atoms with van der Waals surface area (Å²) in [6, 6.07) is 10.7. The summed E-state index contributed by atoms with van der Waals surface area (Å²) in [4.78, 5) is 4.26. The number of nitrogens with zero attached hydrogens (tertiary/aromatic N) is 1. The summed E-state index contributed by atoms with van der Waals surface area (Å²) in [5, 5.41) is 0. The van der Waals surface area contributed by atoms with E-state index in [0.29, 0.717) is 5.75 Å². The highest BCUT2D eigenvalue weighted by Crippen LogP contribution is 2.38. The third kappa shape index (κ3) is 4.96. The molecule has 1 fully saturated rings. The Morgan fingerprint density at radius 2 is 1.48 bits per heavy atom. The second kappa shape index (κ2) is 9.88. The van der Waals surface area contributed by atoms with E-state index in [4.69, 9.17) is 14.2 Å². The molecule has 5 heteroatoms. The lowest BCUT2D eigenvalue weighted by Crippen LogP contribution is -3.14. The van der Waals surface area contributed by atoms with Gasteiger partial charge in [0.05, 0.1) is 54.1 Å². The summed E-state index contributed by atoms with van der Waals surface area (Å²) < 4.78 is 16.4. The lowest BCUT2D eigenvalue weighted by molar-refractivity contribution is -0.900. The number of benzene rings is 2. The molecule has 1 aliphatic rings. The van der Waals surface area contributed by atoms with Crippen molar-refractivity contribution in [2.75, 3.05) is 59.0 Å². The van der Waals surface area contributed by atoms with Gasteiger partial charge in [0.15, 0.2) is 11.5 Å². The zero-order valence-corrected chi connectivity index (χ0v) is 18.5. The number of methoxy groups -OCH3 is 3.